The second-order valence-corrected chi connectivity index (χ2v) is 4.31. The predicted octanol–water partition coefficient (Wildman–Crippen LogP) is 2.90. The Morgan fingerprint density at radius 1 is 1.11 bits per heavy atom. The molecule has 0 unspecified atom stereocenters. The molecule has 1 aromatic carbocycles. The van der Waals surface area contributed by atoms with E-state index in [0.717, 1.165) is 28.4 Å². The van der Waals surface area contributed by atoms with Gasteiger partial charge in [0.1, 0.15) is 17.3 Å². The lowest BCUT2D eigenvalue weighted by Crippen LogP contribution is -2.13. The highest BCUT2D eigenvalue weighted by atomic mass is 16.5. The molecule has 2 aromatic rings. The number of aryl methyl sites for hydroxylation is 1. The van der Waals surface area contributed by atoms with Crippen molar-refractivity contribution in [3.63, 3.8) is 0 Å². The second-order valence-electron chi connectivity index (χ2n) is 4.31. The zero-order valence-corrected chi connectivity index (χ0v) is 11.5. The topological polar surface area (TPSA) is 43.6 Å². The van der Waals surface area contributed by atoms with E-state index in [0.29, 0.717) is 13.1 Å². The predicted molar refractivity (Wildman–Crippen MR) is 73.5 cm³/mol. The van der Waals surface area contributed by atoms with Gasteiger partial charge in [-0.2, -0.15) is 0 Å². The molecular formula is C15H19NO3. The summed E-state index contributed by atoms with van der Waals surface area (Å²) in [5, 5.41) is 3.34. The quantitative estimate of drug-likeness (QED) is 0.868. The van der Waals surface area contributed by atoms with E-state index in [-0.39, 0.29) is 0 Å². The summed E-state index contributed by atoms with van der Waals surface area (Å²) in [6.45, 7) is 3.45. The summed E-state index contributed by atoms with van der Waals surface area (Å²) in [5.41, 5.74) is 2.25. The van der Waals surface area contributed by atoms with E-state index < -0.39 is 0 Å². The molecule has 4 nitrogen and oxygen atoms in total. The molecule has 0 amide bonds. The summed E-state index contributed by atoms with van der Waals surface area (Å²) in [5.74, 6) is 2.58. The highest BCUT2D eigenvalue weighted by Gasteiger charge is 2.06. The van der Waals surface area contributed by atoms with Crippen molar-refractivity contribution in [3.8, 4) is 11.5 Å². The summed E-state index contributed by atoms with van der Waals surface area (Å²) in [4.78, 5) is 0. The van der Waals surface area contributed by atoms with Gasteiger partial charge >= 0.3 is 0 Å². The monoisotopic (exact) mass is 261 g/mol. The van der Waals surface area contributed by atoms with Crippen LogP contribution < -0.4 is 14.8 Å². The highest BCUT2D eigenvalue weighted by molar-refractivity contribution is 5.40. The first-order valence-corrected chi connectivity index (χ1v) is 6.19. The smallest absolute Gasteiger partial charge is 0.127 e. The summed E-state index contributed by atoms with van der Waals surface area (Å²) >= 11 is 0. The van der Waals surface area contributed by atoms with Crippen LogP contribution in [-0.2, 0) is 13.1 Å². The number of rotatable bonds is 6. The third kappa shape index (κ3) is 3.29. The molecule has 0 saturated heterocycles. The van der Waals surface area contributed by atoms with E-state index in [1.165, 1.54) is 0 Å². The van der Waals surface area contributed by atoms with Crippen LogP contribution in [0.5, 0.6) is 11.5 Å². The fourth-order valence-corrected chi connectivity index (χ4v) is 1.89. The molecule has 0 spiro atoms. The first-order valence-electron chi connectivity index (χ1n) is 6.19. The minimum atomic E-state index is 0.702. The molecule has 2 rings (SSSR count). The minimum Gasteiger partial charge on any atom is -0.497 e. The van der Waals surface area contributed by atoms with E-state index in [4.69, 9.17) is 13.9 Å². The number of hydrogen-bond donors (Lipinski definition) is 1. The van der Waals surface area contributed by atoms with Crippen molar-refractivity contribution in [2.24, 2.45) is 0 Å². The van der Waals surface area contributed by atoms with Gasteiger partial charge in [-0.05, 0) is 24.6 Å². The van der Waals surface area contributed by atoms with E-state index >= 15 is 0 Å². The lowest BCUT2D eigenvalue weighted by atomic mass is 10.2. The van der Waals surface area contributed by atoms with E-state index in [2.05, 4.69) is 5.32 Å². The highest BCUT2D eigenvalue weighted by Crippen LogP contribution is 2.24. The molecule has 0 saturated carbocycles. The Hall–Kier alpha value is -1.94. The lowest BCUT2D eigenvalue weighted by Gasteiger charge is -2.11. The first-order chi connectivity index (χ1) is 9.24. The van der Waals surface area contributed by atoms with Crippen LogP contribution in [0.2, 0.25) is 0 Å². The molecule has 1 aromatic heterocycles. The zero-order valence-electron chi connectivity index (χ0n) is 11.5. The van der Waals surface area contributed by atoms with Crippen molar-refractivity contribution in [2.45, 2.75) is 20.0 Å². The SMILES string of the molecule is COc1ccc(CNCc2occc2C)c(OC)c1. The normalized spacial score (nSPS) is 10.5. The maximum atomic E-state index is 5.38. The Morgan fingerprint density at radius 2 is 1.95 bits per heavy atom. The Balaban J connectivity index is 1.97. The van der Waals surface area contributed by atoms with Gasteiger partial charge < -0.3 is 19.2 Å². The zero-order chi connectivity index (χ0) is 13.7. The third-order valence-electron chi connectivity index (χ3n) is 3.06. The lowest BCUT2D eigenvalue weighted by molar-refractivity contribution is 0.389. The van der Waals surface area contributed by atoms with Crippen molar-refractivity contribution in [3.05, 3.63) is 47.4 Å². The standard InChI is InChI=1S/C15H19NO3/c1-11-6-7-19-15(11)10-16-9-12-4-5-13(17-2)8-14(12)18-3/h4-8,16H,9-10H2,1-3H3. The molecular weight excluding hydrogens is 242 g/mol. The molecule has 4 heteroatoms. The molecule has 0 bridgehead atoms. The van der Waals surface area contributed by atoms with Gasteiger partial charge in [-0.25, -0.2) is 0 Å². The van der Waals surface area contributed by atoms with Gasteiger partial charge in [0.15, 0.2) is 0 Å². The Bertz CT molecular complexity index is 534. The molecule has 1 heterocycles. The molecule has 0 fully saturated rings. The average molecular weight is 261 g/mol. The largest absolute Gasteiger partial charge is 0.497 e. The van der Waals surface area contributed by atoms with Crippen molar-refractivity contribution in [1.82, 2.24) is 5.32 Å². The maximum Gasteiger partial charge on any atom is 0.127 e. The van der Waals surface area contributed by atoms with Crippen LogP contribution in [0, 0.1) is 6.92 Å². The third-order valence-corrected chi connectivity index (χ3v) is 3.06. The summed E-state index contributed by atoms with van der Waals surface area (Å²) in [6.07, 6.45) is 1.71. The molecule has 0 aliphatic heterocycles. The van der Waals surface area contributed by atoms with Gasteiger partial charge in [0.05, 0.1) is 27.0 Å². The van der Waals surface area contributed by atoms with Crippen molar-refractivity contribution < 1.29 is 13.9 Å². The van der Waals surface area contributed by atoms with E-state index in [1.807, 2.05) is 31.2 Å². The fraction of sp³-hybridized carbons (Fsp3) is 0.333. The summed E-state index contributed by atoms with van der Waals surface area (Å²) in [7, 11) is 3.31. The van der Waals surface area contributed by atoms with Gasteiger partial charge in [0.2, 0.25) is 0 Å². The van der Waals surface area contributed by atoms with Crippen molar-refractivity contribution >= 4 is 0 Å². The van der Waals surface area contributed by atoms with Crippen LogP contribution in [0.25, 0.3) is 0 Å². The summed E-state index contributed by atoms with van der Waals surface area (Å²) in [6, 6.07) is 7.78. The molecule has 0 aliphatic rings. The molecule has 0 radical (unpaired) electrons. The maximum absolute atomic E-state index is 5.38. The Labute approximate surface area is 113 Å². The molecule has 0 aliphatic carbocycles. The number of nitrogens with one attached hydrogen (secondary N) is 1. The molecule has 0 atom stereocenters. The van der Waals surface area contributed by atoms with Crippen LogP contribution in [0.3, 0.4) is 0 Å². The number of ether oxygens (including phenoxy) is 2. The Kier molecular flexibility index (Phi) is 4.47. The van der Waals surface area contributed by atoms with E-state index in [1.54, 1.807) is 20.5 Å². The fourth-order valence-electron chi connectivity index (χ4n) is 1.89. The second kappa shape index (κ2) is 6.29. The first kappa shape index (κ1) is 13.5. The van der Waals surface area contributed by atoms with Gasteiger partial charge in [-0.3, -0.25) is 0 Å². The number of benzene rings is 1. The van der Waals surface area contributed by atoms with Crippen molar-refractivity contribution in [2.75, 3.05) is 14.2 Å². The van der Waals surface area contributed by atoms with E-state index in [9.17, 15) is 0 Å². The minimum absolute atomic E-state index is 0.702. The average Bonchev–Trinajstić information content (AvgIpc) is 2.84. The molecule has 102 valence electrons. The van der Waals surface area contributed by atoms with Gasteiger partial charge in [-0.1, -0.05) is 6.07 Å². The van der Waals surface area contributed by atoms with Gasteiger partial charge in [-0.15, -0.1) is 0 Å². The number of methoxy groups -OCH3 is 2. The number of furan rings is 1. The van der Waals surface area contributed by atoms with Gasteiger partial charge in [0, 0.05) is 18.2 Å². The van der Waals surface area contributed by atoms with Crippen LogP contribution in [0.4, 0.5) is 0 Å². The molecule has 19 heavy (non-hydrogen) atoms. The number of hydrogen-bond acceptors (Lipinski definition) is 4. The van der Waals surface area contributed by atoms with Crippen LogP contribution >= 0.6 is 0 Å². The van der Waals surface area contributed by atoms with Crippen LogP contribution in [0.1, 0.15) is 16.9 Å². The summed E-state index contributed by atoms with van der Waals surface area (Å²) < 4.78 is 15.9. The van der Waals surface area contributed by atoms with Crippen LogP contribution in [0.15, 0.2) is 34.9 Å². The molecule has 1 N–H and O–H groups in total. The van der Waals surface area contributed by atoms with Crippen LogP contribution in [-0.4, -0.2) is 14.2 Å². The Morgan fingerprint density at radius 3 is 2.58 bits per heavy atom. The van der Waals surface area contributed by atoms with Gasteiger partial charge in [0.25, 0.3) is 0 Å². The van der Waals surface area contributed by atoms with Crippen molar-refractivity contribution in [1.29, 1.82) is 0 Å².